The number of benzene rings is 1. The second kappa shape index (κ2) is 8.00. The van der Waals surface area contributed by atoms with Crippen LogP contribution in [0, 0.1) is 12.7 Å². The van der Waals surface area contributed by atoms with Gasteiger partial charge < -0.3 is 10.1 Å². The lowest BCUT2D eigenvalue weighted by Crippen LogP contribution is -2.38. The predicted molar refractivity (Wildman–Crippen MR) is 94.9 cm³/mol. The van der Waals surface area contributed by atoms with Crippen molar-refractivity contribution >= 4 is 29.3 Å². The van der Waals surface area contributed by atoms with Gasteiger partial charge in [0.25, 0.3) is 5.56 Å². The second-order valence-electron chi connectivity index (χ2n) is 5.66. The average molecular weight is 441 g/mol. The maximum absolute atomic E-state index is 14.4. The van der Waals surface area contributed by atoms with E-state index in [0.29, 0.717) is 0 Å². The number of H-pyrrole nitrogens is 1. The second-order valence-corrected chi connectivity index (χ2v) is 7.31. The van der Waals surface area contributed by atoms with E-state index in [9.17, 15) is 31.9 Å². The lowest BCUT2D eigenvalue weighted by Gasteiger charge is -2.15. The third-order valence-electron chi connectivity index (χ3n) is 3.78. The summed E-state index contributed by atoms with van der Waals surface area (Å²) < 4.78 is 53.4. The van der Waals surface area contributed by atoms with Gasteiger partial charge in [-0.2, -0.15) is 13.2 Å². The molecule has 28 heavy (non-hydrogen) atoms. The summed E-state index contributed by atoms with van der Waals surface area (Å²) in [7, 11) is 0. The van der Waals surface area contributed by atoms with Crippen molar-refractivity contribution in [3.05, 3.63) is 55.1 Å². The molecule has 0 bridgehead atoms. The van der Waals surface area contributed by atoms with E-state index in [1.807, 2.05) is 0 Å². The van der Waals surface area contributed by atoms with Gasteiger partial charge >= 0.3 is 17.8 Å². The fourth-order valence-corrected chi connectivity index (χ4v) is 3.58. The Morgan fingerprint density at radius 2 is 1.96 bits per heavy atom. The van der Waals surface area contributed by atoms with Crippen LogP contribution in [0.15, 0.2) is 26.6 Å². The molecule has 0 radical (unpaired) electrons. The molecule has 0 aliphatic carbocycles. The SMILES string of the molecule is CCC(Sc1cc(-n2c(=O)[nH]c(C(F)(F)F)c(C)c2=O)c(F)cc1Cl)C(=O)O. The fraction of sp³-hybridized carbons (Fsp3) is 0.312. The van der Waals surface area contributed by atoms with E-state index in [1.54, 1.807) is 6.92 Å². The van der Waals surface area contributed by atoms with E-state index in [1.165, 1.54) is 4.98 Å². The van der Waals surface area contributed by atoms with Crippen molar-refractivity contribution < 1.29 is 27.5 Å². The molecule has 12 heteroatoms. The van der Waals surface area contributed by atoms with Crippen molar-refractivity contribution in [3.63, 3.8) is 0 Å². The Bertz CT molecular complexity index is 1050. The maximum atomic E-state index is 14.4. The molecule has 0 saturated heterocycles. The fourth-order valence-electron chi connectivity index (χ4n) is 2.37. The topological polar surface area (TPSA) is 92.2 Å². The Kier molecular flexibility index (Phi) is 6.29. The zero-order chi connectivity index (χ0) is 21.4. The Morgan fingerprint density at radius 3 is 2.46 bits per heavy atom. The molecule has 1 unspecified atom stereocenters. The summed E-state index contributed by atoms with van der Waals surface area (Å²) in [6.07, 6.45) is -4.78. The smallest absolute Gasteiger partial charge is 0.431 e. The van der Waals surface area contributed by atoms with E-state index in [0.717, 1.165) is 30.8 Å². The quantitative estimate of drug-likeness (QED) is 0.547. The van der Waals surface area contributed by atoms with Crippen molar-refractivity contribution in [2.75, 3.05) is 0 Å². The summed E-state index contributed by atoms with van der Waals surface area (Å²) in [6, 6.07) is 1.71. The lowest BCUT2D eigenvalue weighted by atomic mass is 10.2. The first-order valence-corrected chi connectivity index (χ1v) is 8.96. The van der Waals surface area contributed by atoms with Gasteiger partial charge in [-0.05, 0) is 25.5 Å². The van der Waals surface area contributed by atoms with Crippen molar-refractivity contribution in [1.29, 1.82) is 0 Å². The lowest BCUT2D eigenvalue weighted by molar-refractivity contribution is -0.142. The van der Waals surface area contributed by atoms with E-state index in [4.69, 9.17) is 16.7 Å². The number of halogens is 5. The Labute approximate surface area is 164 Å². The molecule has 2 aromatic rings. The molecular formula is C16H13ClF4N2O4S. The van der Waals surface area contributed by atoms with E-state index >= 15 is 0 Å². The third kappa shape index (κ3) is 4.25. The van der Waals surface area contributed by atoms with Crippen LogP contribution in [-0.2, 0) is 11.0 Å². The number of nitrogens with one attached hydrogen (secondary N) is 1. The number of hydrogen-bond acceptors (Lipinski definition) is 4. The number of aromatic nitrogens is 2. The van der Waals surface area contributed by atoms with Gasteiger partial charge in [-0.3, -0.25) is 9.59 Å². The molecule has 0 amide bonds. The van der Waals surface area contributed by atoms with Crippen molar-refractivity contribution in [3.8, 4) is 5.69 Å². The third-order valence-corrected chi connectivity index (χ3v) is 5.61. The van der Waals surface area contributed by atoms with Gasteiger partial charge in [0.2, 0.25) is 0 Å². The average Bonchev–Trinajstić information content (AvgIpc) is 2.57. The molecular weight excluding hydrogens is 428 g/mol. The molecule has 2 rings (SSSR count). The molecule has 1 aromatic heterocycles. The summed E-state index contributed by atoms with van der Waals surface area (Å²) >= 11 is 6.67. The first-order chi connectivity index (χ1) is 12.9. The summed E-state index contributed by atoms with van der Waals surface area (Å²) in [4.78, 5) is 37.2. The van der Waals surface area contributed by atoms with Gasteiger partial charge in [0.05, 0.1) is 10.7 Å². The number of thioether (sulfide) groups is 1. The highest BCUT2D eigenvalue weighted by atomic mass is 35.5. The van der Waals surface area contributed by atoms with Crippen molar-refractivity contribution in [1.82, 2.24) is 9.55 Å². The van der Waals surface area contributed by atoms with Gasteiger partial charge in [0, 0.05) is 10.5 Å². The highest BCUT2D eigenvalue weighted by molar-refractivity contribution is 8.00. The molecule has 0 fully saturated rings. The molecule has 1 aromatic carbocycles. The molecule has 1 atom stereocenters. The number of nitrogens with zero attached hydrogens (tertiary/aromatic N) is 1. The monoisotopic (exact) mass is 440 g/mol. The number of aliphatic carboxylic acids is 1. The summed E-state index contributed by atoms with van der Waals surface area (Å²) in [5.41, 5.74) is -5.86. The molecule has 6 nitrogen and oxygen atoms in total. The maximum Gasteiger partial charge on any atom is 0.431 e. The van der Waals surface area contributed by atoms with Gasteiger partial charge in [0.1, 0.15) is 16.8 Å². The highest BCUT2D eigenvalue weighted by Gasteiger charge is 2.36. The Hall–Kier alpha value is -2.27. The Morgan fingerprint density at radius 1 is 1.36 bits per heavy atom. The van der Waals surface area contributed by atoms with Crippen LogP contribution in [-0.4, -0.2) is 25.9 Å². The van der Waals surface area contributed by atoms with Gasteiger partial charge in [-0.1, -0.05) is 18.5 Å². The van der Waals surface area contributed by atoms with Crippen LogP contribution in [0.4, 0.5) is 17.6 Å². The molecule has 1 heterocycles. The van der Waals surface area contributed by atoms with Crippen LogP contribution in [0.2, 0.25) is 5.02 Å². The van der Waals surface area contributed by atoms with Crippen LogP contribution in [0.5, 0.6) is 0 Å². The number of rotatable bonds is 5. The minimum absolute atomic E-state index is 0.0520. The number of alkyl halides is 3. The number of aromatic amines is 1. The van der Waals surface area contributed by atoms with E-state index in [2.05, 4.69) is 0 Å². The summed E-state index contributed by atoms with van der Waals surface area (Å²) in [5, 5.41) is 8.03. The number of carboxylic acid groups (broad SMARTS) is 1. The molecule has 0 saturated carbocycles. The normalized spacial score (nSPS) is 12.8. The molecule has 0 aliphatic rings. The van der Waals surface area contributed by atoms with Crippen LogP contribution < -0.4 is 11.2 Å². The molecule has 0 aliphatic heterocycles. The largest absolute Gasteiger partial charge is 0.480 e. The van der Waals surface area contributed by atoms with E-state index in [-0.39, 0.29) is 20.9 Å². The molecule has 0 spiro atoms. The number of carbonyl (C=O) groups is 1. The van der Waals surface area contributed by atoms with Gasteiger partial charge in [-0.15, -0.1) is 11.8 Å². The van der Waals surface area contributed by atoms with Crippen LogP contribution >= 0.6 is 23.4 Å². The number of carboxylic acids is 1. The minimum Gasteiger partial charge on any atom is -0.480 e. The zero-order valence-electron chi connectivity index (χ0n) is 14.4. The van der Waals surface area contributed by atoms with E-state index < -0.39 is 51.4 Å². The molecule has 2 N–H and O–H groups in total. The Balaban J connectivity index is 2.71. The summed E-state index contributed by atoms with van der Waals surface area (Å²) in [5.74, 6) is -2.29. The minimum atomic E-state index is -4.98. The zero-order valence-corrected chi connectivity index (χ0v) is 15.9. The predicted octanol–water partition coefficient (Wildman–Crippen LogP) is 3.60. The van der Waals surface area contributed by atoms with Crippen molar-refractivity contribution in [2.45, 2.75) is 36.6 Å². The molecule has 152 valence electrons. The standard InChI is InChI=1S/C16H13ClF4N2O4S/c1-3-10(14(25)26)28-11-5-9(8(18)4-7(11)17)23-13(24)6(2)12(16(19,20)21)22-15(23)27/h4-5,10H,3H2,1-2H3,(H,22,27)(H,25,26). The van der Waals surface area contributed by atoms with Crippen molar-refractivity contribution in [2.24, 2.45) is 0 Å². The highest BCUT2D eigenvalue weighted by Crippen LogP contribution is 2.34. The van der Waals surface area contributed by atoms with Gasteiger partial charge in [-0.25, -0.2) is 13.8 Å². The van der Waals surface area contributed by atoms with Crippen LogP contribution in [0.1, 0.15) is 24.6 Å². The van der Waals surface area contributed by atoms with Crippen LogP contribution in [0.3, 0.4) is 0 Å². The first-order valence-electron chi connectivity index (χ1n) is 7.70. The number of hydrogen-bond donors (Lipinski definition) is 2. The first kappa shape index (κ1) is 22.0. The van der Waals surface area contributed by atoms with Crippen LogP contribution in [0.25, 0.3) is 5.69 Å². The summed E-state index contributed by atoms with van der Waals surface area (Å²) in [6.45, 7) is 2.44. The van der Waals surface area contributed by atoms with Gasteiger partial charge in [0.15, 0.2) is 0 Å².